The van der Waals surface area contributed by atoms with Gasteiger partial charge < -0.3 is 20.4 Å². The number of carbonyl (C=O) groups is 4. The number of rotatable bonds is 7. The number of piperidine rings is 2. The number of fused-ring (bicyclic) bond motifs is 1. The quantitative estimate of drug-likeness (QED) is 0.345. The van der Waals surface area contributed by atoms with Crippen LogP contribution in [0.25, 0.3) is 10.8 Å². The maximum absolute atomic E-state index is 13.4. The van der Waals surface area contributed by atoms with Crippen molar-refractivity contribution in [1.29, 1.82) is 5.41 Å². The molecule has 42 heavy (non-hydrogen) atoms. The number of benzene rings is 2. The molecule has 5 aliphatic heterocycles. The Hall–Kier alpha value is -3.89. The fraction of sp³-hybridized carbons (Fsp3) is 0.469. The minimum Gasteiger partial charge on any atom is -0.377 e. The van der Waals surface area contributed by atoms with Crippen LogP contribution >= 0.6 is 0 Å². The lowest BCUT2D eigenvalue weighted by atomic mass is 9.69. The van der Waals surface area contributed by atoms with Gasteiger partial charge in [-0.25, -0.2) is 0 Å². The van der Waals surface area contributed by atoms with Crippen LogP contribution in [0.15, 0.2) is 42.1 Å². The molecule has 5 fully saturated rings. The number of likely N-dealkylation sites (tertiary alicyclic amines) is 1. The molecule has 8 rings (SSSR count). The van der Waals surface area contributed by atoms with Crippen molar-refractivity contribution in [2.45, 2.75) is 69.6 Å². The SMILES string of the molecule is CC1([NH2+]/C=C(\C=N)Cc2ccc3c4c(cccc24)C(=O)N3[C@@H]2CCC(=O)NC2=O)CCN(C(=O)C23COC(C2)C3)CC1. The van der Waals surface area contributed by atoms with Gasteiger partial charge in [0.2, 0.25) is 17.7 Å². The molecule has 6 aliphatic rings. The van der Waals surface area contributed by atoms with E-state index in [4.69, 9.17) is 10.1 Å². The van der Waals surface area contributed by atoms with Gasteiger partial charge in [-0.15, -0.1) is 0 Å². The van der Waals surface area contributed by atoms with Crippen LogP contribution in [0.3, 0.4) is 0 Å². The first kappa shape index (κ1) is 27.0. The molecule has 4 saturated heterocycles. The predicted octanol–water partition coefficient (Wildman–Crippen LogP) is 1.80. The first-order chi connectivity index (χ1) is 20.2. The molecule has 10 nitrogen and oxygen atoms in total. The lowest BCUT2D eigenvalue weighted by Gasteiger charge is -2.42. The van der Waals surface area contributed by atoms with E-state index in [2.05, 4.69) is 17.6 Å². The van der Waals surface area contributed by atoms with Gasteiger partial charge in [0.25, 0.3) is 5.91 Å². The maximum Gasteiger partial charge on any atom is 0.259 e. The monoisotopic (exact) mass is 570 g/mol. The third-order valence-corrected chi connectivity index (χ3v) is 10.1. The molecule has 2 bridgehead atoms. The zero-order valence-corrected chi connectivity index (χ0v) is 23.8. The third-order valence-electron chi connectivity index (χ3n) is 10.1. The summed E-state index contributed by atoms with van der Waals surface area (Å²) >= 11 is 0. The van der Waals surface area contributed by atoms with Crippen LogP contribution < -0.4 is 15.5 Å². The molecule has 1 saturated carbocycles. The Balaban J connectivity index is 1.07. The second-order valence-corrected chi connectivity index (χ2v) is 12.9. The summed E-state index contributed by atoms with van der Waals surface area (Å²) in [6.45, 7) is 4.26. The number of imide groups is 1. The number of allylic oxidation sites excluding steroid dienone is 1. The van der Waals surface area contributed by atoms with Crippen LogP contribution in [0.1, 0.15) is 61.4 Å². The standard InChI is InChI=1S/C32H35N5O5/c1-31(9-11-36(12-10-31)30(41)32-14-21(15-32)42-18-32)34-17-19(16-33)13-20-5-6-24-27-22(20)3-2-4-23(27)29(40)37(24)25-7-8-26(38)35-28(25)39/h2-6,16-17,21,25,33-34H,7-15,18H2,1H3,(H,35,38,39)/p+1/b19-17-,33-16?/t21?,25-,32?/m1/s1. The Morgan fingerprint density at radius 3 is 2.64 bits per heavy atom. The van der Waals surface area contributed by atoms with Crippen molar-refractivity contribution in [3.05, 3.63) is 53.2 Å². The van der Waals surface area contributed by atoms with Crippen molar-refractivity contribution in [3.63, 3.8) is 0 Å². The van der Waals surface area contributed by atoms with Gasteiger partial charge in [-0.05, 0) is 49.3 Å². The van der Waals surface area contributed by atoms with Gasteiger partial charge in [0.15, 0.2) is 0 Å². The highest BCUT2D eigenvalue weighted by molar-refractivity contribution is 6.27. The second-order valence-electron chi connectivity index (χ2n) is 12.9. The van der Waals surface area contributed by atoms with Gasteiger partial charge >= 0.3 is 0 Å². The average molecular weight is 571 g/mol. The van der Waals surface area contributed by atoms with Crippen molar-refractivity contribution in [3.8, 4) is 0 Å². The highest BCUT2D eigenvalue weighted by Crippen LogP contribution is 2.51. The van der Waals surface area contributed by atoms with Crippen molar-refractivity contribution in [2.75, 3.05) is 24.6 Å². The van der Waals surface area contributed by atoms with Crippen molar-refractivity contribution in [1.82, 2.24) is 10.2 Å². The Kier molecular flexibility index (Phi) is 6.32. The van der Waals surface area contributed by atoms with E-state index in [0.29, 0.717) is 30.7 Å². The van der Waals surface area contributed by atoms with Crippen LogP contribution in [-0.4, -0.2) is 72.1 Å². The van der Waals surface area contributed by atoms with Gasteiger partial charge in [-0.1, -0.05) is 18.2 Å². The number of nitrogens with zero attached hydrogens (tertiary/aromatic N) is 2. The number of quaternary nitrogens is 1. The van der Waals surface area contributed by atoms with Gasteiger partial charge in [0.1, 0.15) is 11.6 Å². The lowest BCUT2D eigenvalue weighted by molar-refractivity contribution is -0.669. The zero-order valence-electron chi connectivity index (χ0n) is 23.8. The fourth-order valence-corrected chi connectivity index (χ4v) is 7.43. The van der Waals surface area contributed by atoms with E-state index in [9.17, 15) is 19.2 Å². The molecule has 10 heteroatoms. The first-order valence-electron chi connectivity index (χ1n) is 14.9. The number of hydrogen-bond acceptors (Lipinski definition) is 6. The van der Waals surface area contributed by atoms with Crippen molar-refractivity contribution >= 4 is 46.3 Å². The molecular formula is C32H36N5O5+. The van der Waals surface area contributed by atoms with E-state index in [1.807, 2.05) is 35.4 Å². The maximum atomic E-state index is 13.4. The summed E-state index contributed by atoms with van der Waals surface area (Å²) in [6.07, 6.45) is 8.22. The molecule has 4 amide bonds. The molecular weight excluding hydrogens is 534 g/mol. The largest absolute Gasteiger partial charge is 0.377 e. The summed E-state index contributed by atoms with van der Waals surface area (Å²) in [7, 11) is 0. The normalized spacial score (nSPS) is 28.2. The minimum absolute atomic E-state index is 0.0616. The van der Waals surface area contributed by atoms with Crippen LogP contribution in [0.5, 0.6) is 0 Å². The number of nitrogens with one attached hydrogen (secondary N) is 2. The topological polar surface area (TPSA) is 136 Å². The van der Waals surface area contributed by atoms with E-state index in [-0.39, 0.29) is 41.2 Å². The van der Waals surface area contributed by atoms with Gasteiger partial charge in [-0.2, -0.15) is 0 Å². The highest BCUT2D eigenvalue weighted by Gasteiger charge is 2.58. The van der Waals surface area contributed by atoms with Gasteiger partial charge in [0.05, 0.1) is 30.0 Å². The third kappa shape index (κ3) is 4.27. The van der Waals surface area contributed by atoms with Crippen LogP contribution in [0.2, 0.25) is 0 Å². The molecule has 4 N–H and O–H groups in total. The minimum atomic E-state index is -0.720. The summed E-state index contributed by atoms with van der Waals surface area (Å²) in [5.41, 5.74) is 2.76. The lowest BCUT2D eigenvalue weighted by Crippen LogP contribution is -2.93. The number of amides is 4. The van der Waals surface area contributed by atoms with E-state index < -0.39 is 11.9 Å². The molecule has 0 radical (unpaired) electrons. The molecule has 1 aliphatic carbocycles. The Morgan fingerprint density at radius 2 is 1.95 bits per heavy atom. The van der Waals surface area contributed by atoms with Crippen molar-refractivity contribution in [2.24, 2.45) is 5.41 Å². The predicted molar refractivity (Wildman–Crippen MR) is 155 cm³/mol. The van der Waals surface area contributed by atoms with E-state index in [1.54, 1.807) is 6.07 Å². The van der Waals surface area contributed by atoms with E-state index >= 15 is 0 Å². The average Bonchev–Trinajstić information content (AvgIpc) is 3.66. The Labute approximate surface area is 243 Å². The molecule has 5 heterocycles. The molecule has 0 aromatic heterocycles. The smallest absolute Gasteiger partial charge is 0.259 e. The van der Waals surface area contributed by atoms with E-state index in [1.165, 1.54) is 11.1 Å². The number of hydrogen-bond donors (Lipinski definition) is 3. The molecule has 2 aromatic carbocycles. The highest BCUT2D eigenvalue weighted by atomic mass is 16.5. The van der Waals surface area contributed by atoms with Crippen LogP contribution in [0.4, 0.5) is 5.69 Å². The molecule has 2 aromatic rings. The number of nitrogens with two attached hydrogens (primary N) is 1. The zero-order chi connectivity index (χ0) is 29.2. The number of ether oxygens (including phenoxy) is 1. The first-order valence-corrected chi connectivity index (χ1v) is 14.9. The summed E-state index contributed by atoms with van der Waals surface area (Å²) in [5, 5.41) is 14.4. The Morgan fingerprint density at radius 1 is 1.17 bits per heavy atom. The van der Waals surface area contributed by atoms with Crippen LogP contribution in [-0.2, 0) is 25.5 Å². The molecule has 1 atom stereocenters. The second kappa shape index (κ2) is 9.84. The van der Waals surface area contributed by atoms with Gasteiger partial charge in [-0.3, -0.25) is 29.4 Å². The Bertz CT molecular complexity index is 1560. The van der Waals surface area contributed by atoms with Crippen molar-refractivity contribution < 1.29 is 29.2 Å². The summed E-state index contributed by atoms with van der Waals surface area (Å²) < 4.78 is 5.67. The fourth-order valence-electron chi connectivity index (χ4n) is 7.43. The van der Waals surface area contributed by atoms with Crippen LogP contribution in [0, 0.1) is 10.8 Å². The summed E-state index contributed by atoms with van der Waals surface area (Å²) in [6, 6.07) is 8.76. The summed E-state index contributed by atoms with van der Waals surface area (Å²) in [4.78, 5) is 54.5. The molecule has 218 valence electrons. The number of carbonyl (C=O) groups excluding carboxylic acids is 4. The van der Waals surface area contributed by atoms with E-state index in [0.717, 1.165) is 60.7 Å². The molecule has 0 unspecified atom stereocenters. The molecule has 0 spiro atoms. The summed E-state index contributed by atoms with van der Waals surface area (Å²) in [5.74, 6) is -0.724. The number of anilines is 1. The van der Waals surface area contributed by atoms with Gasteiger partial charge in [0, 0.05) is 61.5 Å².